The Morgan fingerprint density at radius 2 is 2.38 bits per heavy atom. The van der Waals surface area contributed by atoms with Gasteiger partial charge in [0.2, 0.25) is 5.91 Å². The molecule has 0 aliphatic carbocycles. The van der Waals surface area contributed by atoms with Crippen LogP contribution in [0.1, 0.15) is 13.3 Å². The maximum absolute atomic E-state index is 12.1. The van der Waals surface area contributed by atoms with Crippen LogP contribution < -0.4 is 15.4 Å². The lowest BCUT2D eigenvalue weighted by Crippen LogP contribution is -2.39. The monoisotopic (exact) mass is 394 g/mol. The van der Waals surface area contributed by atoms with Crippen molar-refractivity contribution >= 4 is 51.7 Å². The van der Waals surface area contributed by atoms with Crippen LogP contribution in [0.4, 0.5) is 5.69 Å². The summed E-state index contributed by atoms with van der Waals surface area (Å²) < 4.78 is 6.48. The van der Waals surface area contributed by atoms with Crippen LogP contribution in [0.2, 0.25) is 0 Å². The first-order valence-corrected chi connectivity index (χ1v) is 8.67. The van der Waals surface area contributed by atoms with Crippen LogP contribution in [0.15, 0.2) is 22.7 Å². The van der Waals surface area contributed by atoms with E-state index in [4.69, 9.17) is 4.74 Å². The van der Waals surface area contributed by atoms with Crippen molar-refractivity contribution in [1.29, 1.82) is 0 Å². The zero-order chi connectivity index (χ0) is 14.4. The molecule has 1 aliphatic rings. The molecule has 21 heavy (non-hydrogen) atoms. The molecular weight excluding hydrogens is 376 g/mol. The van der Waals surface area contributed by atoms with Crippen molar-refractivity contribution < 1.29 is 9.53 Å². The van der Waals surface area contributed by atoms with E-state index in [0.717, 1.165) is 28.2 Å². The zero-order valence-electron chi connectivity index (χ0n) is 11.9. The Kier molecular flexibility index (Phi) is 8.48. The maximum Gasteiger partial charge on any atom is 0.226 e. The molecule has 7 heteroatoms. The molecule has 0 bridgehead atoms. The Labute approximate surface area is 144 Å². The lowest BCUT2D eigenvalue weighted by Gasteiger charge is -2.22. The number of hydrogen-bond donors (Lipinski definition) is 2. The minimum Gasteiger partial charge on any atom is -0.492 e. The molecule has 1 atom stereocenters. The smallest absolute Gasteiger partial charge is 0.226 e. The molecule has 1 fully saturated rings. The quantitative estimate of drug-likeness (QED) is 0.803. The van der Waals surface area contributed by atoms with Crippen molar-refractivity contribution in [2.75, 3.05) is 30.0 Å². The number of rotatable bonds is 5. The highest BCUT2D eigenvalue weighted by Gasteiger charge is 2.17. The lowest BCUT2D eigenvalue weighted by molar-refractivity contribution is -0.116. The number of ether oxygens (including phenoxy) is 1. The molecule has 0 saturated carbocycles. The second-order valence-electron chi connectivity index (χ2n) is 4.55. The van der Waals surface area contributed by atoms with E-state index in [9.17, 15) is 4.79 Å². The fourth-order valence-corrected chi connectivity index (χ4v) is 3.34. The van der Waals surface area contributed by atoms with Gasteiger partial charge in [-0.05, 0) is 25.1 Å². The maximum atomic E-state index is 12.1. The van der Waals surface area contributed by atoms with Crippen molar-refractivity contribution in [2.45, 2.75) is 19.4 Å². The Hall–Kier alpha value is -0.430. The van der Waals surface area contributed by atoms with Crippen LogP contribution in [0.25, 0.3) is 0 Å². The number of thioether (sulfide) groups is 1. The SMILES string of the molecule is CCOc1cc(Br)ccc1NC(=O)CC1CSCCN1.Cl. The number of benzene rings is 1. The first-order chi connectivity index (χ1) is 9.69. The molecule has 1 saturated heterocycles. The molecule has 1 aromatic rings. The van der Waals surface area contributed by atoms with Crippen molar-refractivity contribution in [3.8, 4) is 5.75 Å². The van der Waals surface area contributed by atoms with Crippen LogP contribution in [-0.4, -0.2) is 36.6 Å². The van der Waals surface area contributed by atoms with E-state index in [-0.39, 0.29) is 24.4 Å². The minimum atomic E-state index is 0. The summed E-state index contributed by atoms with van der Waals surface area (Å²) in [5.74, 6) is 2.83. The van der Waals surface area contributed by atoms with E-state index in [1.807, 2.05) is 36.9 Å². The number of carbonyl (C=O) groups excluding carboxylic acids is 1. The van der Waals surface area contributed by atoms with E-state index in [1.54, 1.807) is 0 Å². The highest BCUT2D eigenvalue weighted by atomic mass is 79.9. The number of nitrogens with one attached hydrogen (secondary N) is 2. The van der Waals surface area contributed by atoms with Crippen molar-refractivity contribution in [1.82, 2.24) is 5.32 Å². The van der Waals surface area contributed by atoms with Gasteiger partial charge in [0.1, 0.15) is 5.75 Å². The molecule has 1 heterocycles. The fourth-order valence-electron chi connectivity index (χ4n) is 2.05. The van der Waals surface area contributed by atoms with Crippen molar-refractivity contribution in [3.63, 3.8) is 0 Å². The molecule has 2 N–H and O–H groups in total. The van der Waals surface area contributed by atoms with Gasteiger partial charge in [0.15, 0.2) is 0 Å². The summed E-state index contributed by atoms with van der Waals surface area (Å²) in [6.45, 7) is 3.47. The largest absolute Gasteiger partial charge is 0.492 e. The normalized spacial score (nSPS) is 17.7. The highest BCUT2D eigenvalue weighted by Crippen LogP contribution is 2.28. The Morgan fingerprint density at radius 1 is 1.57 bits per heavy atom. The van der Waals surface area contributed by atoms with Gasteiger partial charge in [0.25, 0.3) is 0 Å². The summed E-state index contributed by atoms with van der Waals surface area (Å²) in [5, 5.41) is 6.30. The van der Waals surface area contributed by atoms with Crippen LogP contribution in [0.3, 0.4) is 0 Å². The second-order valence-corrected chi connectivity index (χ2v) is 6.62. The Balaban J connectivity index is 0.00000220. The Bertz CT molecular complexity index is 470. The van der Waals surface area contributed by atoms with Gasteiger partial charge in [-0.1, -0.05) is 15.9 Å². The van der Waals surface area contributed by atoms with Crippen LogP contribution in [0, 0.1) is 0 Å². The third-order valence-corrected chi connectivity index (χ3v) is 4.57. The number of anilines is 1. The molecule has 4 nitrogen and oxygen atoms in total. The number of amides is 1. The molecular formula is C14H20BrClN2O2S. The Morgan fingerprint density at radius 3 is 3.05 bits per heavy atom. The van der Waals surface area contributed by atoms with Crippen molar-refractivity contribution in [3.05, 3.63) is 22.7 Å². The van der Waals surface area contributed by atoms with Gasteiger partial charge in [-0.2, -0.15) is 11.8 Å². The van der Waals surface area contributed by atoms with E-state index < -0.39 is 0 Å². The molecule has 0 radical (unpaired) electrons. The van der Waals surface area contributed by atoms with E-state index in [0.29, 0.717) is 18.8 Å². The van der Waals surface area contributed by atoms with Crippen LogP contribution >= 0.6 is 40.1 Å². The third kappa shape index (κ3) is 6.06. The van der Waals surface area contributed by atoms with Gasteiger partial charge in [0, 0.05) is 35.0 Å². The summed E-state index contributed by atoms with van der Waals surface area (Å²) in [6.07, 6.45) is 0.495. The molecule has 1 amide bonds. The van der Waals surface area contributed by atoms with Crippen LogP contribution in [-0.2, 0) is 4.79 Å². The predicted molar refractivity (Wildman–Crippen MR) is 94.9 cm³/mol. The molecule has 1 aliphatic heterocycles. The van der Waals surface area contributed by atoms with Gasteiger partial charge in [0.05, 0.1) is 12.3 Å². The van der Waals surface area contributed by atoms with Gasteiger partial charge in [-0.15, -0.1) is 12.4 Å². The summed E-state index contributed by atoms with van der Waals surface area (Å²) in [6, 6.07) is 5.89. The molecule has 0 spiro atoms. The third-order valence-electron chi connectivity index (χ3n) is 2.95. The zero-order valence-corrected chi connectivity index (χ0v) is 15.1. The standard InChI is InChI=1S/C14H19BrN2O2S.ClH/c1-2-19-13-7-10(15)3-4-12(13)17-14(18)8-11-9-20-6-5-16-11;/h3-4,7,11,16H,2,5-6,8-9H2,1H3,(H,17,18);1H. The summed E-state index contributed by atoms with van der Waals surface area (Å²) in [7, 11) is 0. The number of hydrogen-bond acceptors (Lipinski definition) is 4. The first kappa shape index (κ1) is 18.6. The van der Waals surface area contributed by atoms with Gasteiger partial charge < -0.3 is 15.4 Å². The van der Waals surface area contributed by atoms with Gasteiger partial charge in [-0.25, -0.2) is 0 Å². The minimum absolute atomic E-state index is 0. The molecule has 0 aromatic heterocycles. The van der Waals surface area contributed by atoms with Crippen LogP contribution in [0.5, 0.6) is 5.75 Å². The van der Waals surface area contributed by atoms with Crippen molar-refractivity contribution in [2.24, 2.45) is 0 Å². The van der Waals surface area contributed by atoms with E-state index in [2.05, 4.69) is 26.6 Å². The molecule has 118 valence electrons. The fraction of sp³-hybridized carbons (Fsp3) is 0.500. The average Bonchev–Trinajstić information content (AvgIpc) is 2.43. The second kappa shape index (κ2) is 9.56. The predicted octanol–water partition coefficient (Wildman–Crippen LogP) is 3.30. The molecule has 1 unspecified atom stereocenters. The topological polar surface area (TPSA) is 50.4 Å². The number of carbonyl (C=O) groups is 1. The first-order valence-electron chi connectivity index (χ1n) is 6.72. The van der Waals surface area contributed by atoms with Gasteiger partial charge in [-0.3, -0.25) is 4.79 Å². The van der Waals surface area contributed by atoms with E-state index >= 15 is 0 Å². The summed E-state index contributed by atoms with van der Waals surface area (Å²) in [5.41, 5.74) is 0.725. The summed E-state index contributed by atoms with van der Waals surface area (Å²) >= 11 is 5.30. The average molecular weight is 396 g/mol. The number of halogens is 2. The molecule has 2 rings (SSSR count). The molecule has 1 aromatic carbocycles. The van der Waals surface area contributed by atoms with E-state index in [1.165, 1.54) is 0 Å². The summed E-state index contributed by atoms with van der Waals surface area (Å²) in [4.78, 5) is 12.1. The lowest BCUT2D eigenvalue weighted by atomic mass is 10.2. The highest BCUT2D eigenvalue weighted by molar-refractivity contribution is 9.10. The van der Waals surface area contributed by atoms with Gasteiger partial charge >= 0.3 is 0 Å².